The molecular weight excluding hydrogens is 320 g/mol. The second kappa shape index (κ2) is 7.65. The van der Waals surface area contributed by atoms with Gasteiger partial charge in [-0.05, 0) is 25.1 Å². The summed E-state index contributed by atoms with van der Waals surface area (Å²) in [4.78, 5) is 21.2. The number of amides is 1. The van der Waals surface area contributed by atoms with Crippen molar-refractivity contribution in [1.82, 2.24) is 19.9 Å². The minimum atomic E-state index is 0.0391. The van der Waals surface area contributed by atoms with E-state index in [1.165, 1.54) is 0 Å². The Balaban J connectivity index is 1.60. The van der Waals surface area contributed by atoms with E-state index < -0.39 is 0 Å². The van der Waals surface area contributed by atoms with Crippen LogP contribution in [0.1, 0.15) is 42.0 Å². The van der Waals surface area contributed by atoms with Crippen molar-refractivity contribution < 1.29 is 14.1 Å². The Morgan fingerprint density at radius 2 is 2.08 bits per heavy atom. The molecule has 0 aliphatic carbocycles. The van der Waals surface area contributed by atoms with E-state index in [1.54, 1.807) is 13.2 Å². The zero-order chi connectivity index (χ0) is 17.8. The second-order valence-corrected chi connectivity index (χ2v) is 6.14. The van der Waals surface area contributed by atoms with Gasteiger partial charge < -0.3 is 14.2 Å². The smallest absolute Gasteiger partial charge is 0.254 e. The molecule has 25 heavy (non-hydrogen) atoms. The number of piperazine rings is 1. The Kier molecular flexibility index (Phi) is 5.33. The molecule has 0 radical (unpaired) electrons. The van der Waals surface area contributed by atoms with E-state index in [4.69, 9.17) is 9.26 Å². The number of hydrogen-bond acceptors (Lipinski definition) is 6. The number of benzene rings is 1. The van der Waals surface area contributed by atoms with E-state index in [9.17, 15) is 4.79 Å². The van der Waals surface area contributed by atoms with Crippen LogP contribution in [0.5, 0.6) is 5.75 Å². The lowest BCUT2D eigenvalue weighted by molar-refractivity contribution is 0.0551. The molecule has 0 bridgehead atoms. The first-order valence-electron chi connectivity index (χ1n) is 8.62. The van der Waals surface area contributed by atoms with Crippen LogP contribution in [0.3, 0.4) is 0 Å². The third-order valence-corrected chi connectivity index (χ3v) is 4.62. The van der Waals surface area contributed by atoms with Crippen molar-refractivity contribution in [3.8, 4) is 5.75 Å². The van der Waals surface area contributed by atoms with Gasteiger partial charge in [-0.25, -0.2) is 0 Å². The van der Waals surface area contributed by atoms with Gasteiger partial charge >= 0.3 is 0 Å². The lowest BCUT2D eigenvalue weighted by Gasteiger charge is -2.36. The number of methoxy groups -OCH3 is 1. The molecule has 7 nitrogen and oxygen atoms in total. The molecule has 7 heteroatoms. The Morgan fingerprint density at radius 1 is 1.32 bits per heavy atom. The Labute approximate surface area is 147 Å². The minimum Gasteiger partial charge on any atom is -0.497 e. The molecule has 1 fully saturated rings. The summed E-state index contributed by atoms with van der Waals surface area (Å²) in [7, 11) is 1.60. The summed E-state index contributed by atoms with van der Waals surface area (Å²) < 4.78 is 10.5. The van der Waals surface area contributed by atoms with Crippen LogP contribution in [-0.2, 0) is 6.42 Å². The van der Waals surface area contributed by atoms with Gasteiger partial charge in [-0.15, -0.1) is 0 Å². The van der Waals surface area contributed by atoms with Crippen LogP contribution in [0, 0.1) is 0 Å². The SMILES string of the molecule is CCc1noc([C@@H](C)N2CCN(C(=O)c3cccc(OC)c3)CC2)n1. The van der Waals surface area contributed by atoms with Crippen molar-refractivity contribution in [3.05, 3.63) is 41.5 Å². The van der Waals surface area contributed by atoms with Gasteiger partial charge in [0.05, 0.1) is 13.2 Å². The molecule has 0 spiro atoms. The maximum atomic E-state index is 12.7. The van der Waals surface area contributed by atoms with Crippen molar-refractivity contribution in [1.29, 1.82) is 0 Å². The van der Waals surface area contributed by atoms with Crippen molar-refractivity contribution in [2.75, 3.05) is 33.3 Å². The average molecular weight is 344 g/mol. The van der Waals surface area contributed by atoms with Gasteiger partial charge in [0, 0.05) is 38.2 Å². The molecular formula is C18H24N4O3. The molecule has 0 N–H and O–H groups in total. The summed E-state index contributed by atoms with van der Waals surface area (Å²) in [5.41, 5.74) is 0.658. The number of aryl methyl sites for hydroxylation is 1. The van der Waals surface area contributed by atoms with Gasteiger partial charge in [0.1, 0.15) is 5.75 Å². The van der Waals surface area contributed by atoms with Crippen LogP contribution in [0.4, 0.5) is 0 Å². The van der Waals surface area contributed by atoms with Gasteiger partial charge in [-0.3, -0.25) is 9.69 Å². The highest BCUT2D eigenvalue weighted by Gasteiger charge is 2.28. The van der Waals surface area contributed by atoms with Crippen LogP contribution in [0.15, 0.2) is 28.8 Å². The largest absolute Gasteiger partial charge is 0.497 e. The third kappa shape index (κ3) is 3.82. The molecule has 1 saturated heterocycles. The van der Waals surface area contributed by atoms with Gasteiger partial charge in [0.2, 0.25) is 5.89 Å². The Morgan fingerprint density at radius 3 is 2.72 bits per heavy atom. The maximum Gasteiger partial charge on any atom is 0.254 e. The highest BCUT2D eigenvalue weighted by Crippen LogP contribution is 2.21. The number of rotatable bonds is 5. The Hall–Kier alpha value is -2.41. The fourth-order valence-electron chi connectivity index (χ4n) is 2.99. The fraction of sp³-hybridized carbons (Fsp3) is 0.500. The van der Waals surface area contributed by atoms with E-state index in [1.807, 2.05) is 30.0 Å². The van der Waals surface area contributed by atoms with Gasteiger partial charge in [-0.1, -0.05) is 18.1 Å². The molecule has 0 unspecified atom stereocenters. The second-order valence-electron chi connectivity index (χ2n) is 6.14. The van der Waals surface area contributed by atoms with Crippen LogP contribution >= 0.6 is 0 Å². The van der Waals surface area contributed by atoms with Crippen LogP contribution in [-0.4, -0.2) is 59.1 Å². The lowest BCUT2D eigenvalue weighted by Crippen LogP contribution is -2.49. The summed E-state index contributed by atoms with van der Waals surface area (Å²) in [5, 5.41) is 3.96. The van der Waals surface area contributed by atoms with Crippen molar-refractivity contribution >= 4 is 5.91 Å². The van der Waals surface area contributed by atoms with Crippen LogP contribution in [0.2, 0.25) is 0 Å². The molecule has 1 aromatic heterocycles. The molecule has 2 heterocycles. The van der Waals surface area contributed by atoms with Crippen molar-refractivity contribution in [2.24, 2.45) is 0 Å². The van der Waals surface area contributed by atoms with Crippen molar-refractivity contribution in [2.45, 2.75) is 26.3 Å². The first-order valence-corrected chi connectivity index (χ1v) is 8.62. The monoisotopic (exact) mass is 344 g/mol. The van der Waals surface area contributed by atoms with E-state index in [-0.39, 0.29) is 11.9 Å². The van der Waals surface area contributed by atoms with Gasteiger partial charge in [0.25, 0.3) is 5.91 Å². The summed E-state index contributed by atoms with van der Waals surface area (Å²) in [6.45, 7) is 6.97. The highest BCUT2D eigenvalue weighted by atomic mass is 16.5. The lowest BCUT2D eigenvalue weighted by atomic mass is 10.1. The average Bonchev–Trinajstić information content (AvgIpc) is 3.16. The molecule has 1 atom stereocenters. The normalized spacial score (nSPS) is 16.7. The van der Waals surface area contributed by atoms with E-state index in [0.29, 0.717) is 30.3 Å². The topological polar surface area (TPSA) is 71.7 Å². The Bertz CT molecular complexity index is 723. The van der Waals surface area contributed by atoms with Crippen LogP contribution in [0.25, 0.3) is 0 Å². The molecule has 1 aliphatic rings. The molecule has 134 valence electrons. The van der Waals surface area contributed by atoms with E-state index in [0.717, 1.165) is 25.3 Å². The highest BCUT2D eigenvalue weighted by molar-refractivity contribution is 5.94. The zero-order valence-corrected chi connectivity index (χ0v) is 14.9. The quantitative estimate of drug-likeness (QED) is 0.828. The molecule has 0 saturated carbocycles. The molecule has 2 aromatic rings. The van der Waals surface area contributed by atoms with E-state index in [2.05, 4.69) is 22.0 Å². The zero-order valence-electron chi connectivity index (χ0n) is 14.9. The third-order valence-electron chi connectivity index (χ3n) is 4.62. The minimum absolute atomic E-state index is 0.0391. The van der Waals surface area contributed by atoms with Crippen LogP contribution < -0.4 is 4.74 Å². The summed E-state index contributed by atoms with van der Waals surface area (Å²) >= 11 is 0. The van der Waals surface area contributed by atoms with Gasteiger partial charge in [0.15, 0.2) is 5.82 Å². The van der Waals surface area contributed by atoms with Crippen molar-refractivity contribution in [3.63, 3.8) is 0 Å². The van der Waals surface area contributed by atoms with Gasteiger partial charge in [-0.2, -0.15) is 4.98 Å². The first kappa shape index (κ1) is 17.4. The molecule has 3 rings (SSSR count). The number of carbonyl (C=O) groups excluding carboxylic acids is 1. The molecule has 1 aromatic carbocycles. The summed E-state index contributed by atoms with van der Waals surface area (Å²) in [6.07, 6.45) is 0.763. The summed E-state index contributed by atoms with van der Waals surface area (Å²) in [6, 6.07) is 7.34. The number of nitrogens with zero attached hydrogens (tertiary/aromatic N) is 4. The predicted octanol–water partition coefficient (Wildman–Crippen LogP) is 2.16. The molecule has 1 amide bonds. The summed E-state index contributed by atoms with van der Waals surface area (Å²) in [5.74, 6) is 2.11. The number of aromatic nitrogens is 2. The van der Waals surface area contributed by atoms with E-state index >= 15 is 0 Å². The fourth-order valence-corrected chi connectivity index (χ4v) is 2.99. The molecule has 1 aliphatic heterocycles. The predicted molar refractivity (Wildman–Crippen MR) is 92.6 cm³/mol. The standard InChI is InChI=1S/C18H24N4O3/c1-4-16-19-17(25-20-16)13(2)21-8-10-22(11-9-21)18(23)14-6-5-7-15(12-14)24-3/h5-7,12-13H,4,8-11H2,1-3H3/t13-/m1/s1. The maximum absolute atomic E-state index is 12.7. The number of ether oxygens (including phenoxy) is 1. The first-order chi connectivity index (χ1) is 12.1. The number of hydrogen-bond donors (Lipinski definition) is 0. The number of carbonyl (C=O) groups is 1.